The van der Waals surface area contributed by atoms with Gasteiger partial charge in [-0.3, -0.25) is 4.79 Å². The molecule has 2 rings (SSSR count). The molecule has 1 fully saturated rings. The first-order chi connectivity index (χ1) is 6.75. The van der Waals surface area contributed by atoms with Crippen molar-refractivity contribution < 1.29 is 9.90 Å². The zero-order valence-corrected chi connectivity index (χ0v) is 8.67. The van der Waals surface area contributed by atoms with Gasteiger partial charge in [-0.05, 0) is 17.9 Å². The number of thiophene rings is 1. The Bertz CT molecular complexity index is 304. The zero-order valence-electron chi connectivity index (χ0n) is 7.85. The molecule has 0 aliphatic carbocycles. The summed E-state index contributed by atoms with van der Waals surface area (Å²) in [6.07, 6.45) is 1.09. The molecule has 4 heteroatoms. The van der Waals surface area contributed by atoms with E-state index in [9.17, 15) is 4.79 Å². The van der Waals surface area contributed by atoms with Crippen LogP contribution < -0.4 is 0 Å². The van der Waals surface area contributed by atoms with Crippen molar-refractivity contribution in [2.24, 2.45) is 0 Å². The van der Waals surface area contributed by atoms with Crippen LogP contribution in [-0.2, 0) is 11.2 Å². The van der Waals surface area contributed by atoms with Gasteiger partial charge in [-0.25, -0.2) is 0 Å². The minimum absolute atomic E-state index is 0.156. The summed E-state index contributed by atoms with van der Waals surface area (Å²) in [6, 6.07) is 4.04. The Morgan fingerprint density at radius 3 is 3.00 bits per heavy atom. The van der Waals surface area contributed by atoms with Crippen molar-refractivity contribution in [3.63, 3.8) is 0 Å². The molecule has 1 N–H and O–H groups in total. The molecule has 1 aliphatic rings. The molecule has 0 saturated carbocycles. The van der Waals surface area contributed by atoms with Gasteiger partial charge in [0.05, 0.1) is 6.10 Å². The molecule has 1 aliphatic heterocycles. The van der Waals surface area contributed by atoms with Crippen LogP contribution in [0.2, 0.25) is 0 Å². The highest BCUT2D eigenvalue weighted by Gasteiger charge is 2.27. The Kier molecular flexibility index (Phi) is 2.84. The highest BCUT2D eigenvalue weighted by molar-refractivity contribution is 7.09. The molecule has 0 bridgehead atoms. The fourth-order valence-electron chi connectivity index (χ4n) is 1.50. The van der Waals surface area contributed by atoms with Gasteiger partial charge in [-0.2, -0.15) is 0 Å². The van der Waals surface area contributed by atoms with E-state index in [0.29, 0.717) is 19.5 Å². The largest absolute Gasteiger partial charge is 0.389 e. The maximum absolute atomic E-state index is 11.5. The predicted molar refractivity (Wildman–Crippen MR) is 55.2 cm³/mol. The summed E-state index contributed by atoms with van der Waals surface area (Å²) < 4.78 is 0. The van der Waals surface area contributed by atoms with E-state index in [2.05, 4.69) is 0 Å². The summed E-state index contributed by atoms with van der Waals surface area (Å²) in [5, 5.41) is 11.0. The maximum Gasteiger partial charge on any atom is 0.223 e. The van der Waals surface area contributed by atoms with Crippen molar-refractivity contribution in [1.82, 2.24) is 4.90 Å². The lowest BCUT2D eigenvalue weighted by Gasteiger charge is -2.35. The third-order valence-electron chi connectivity index (χ3n) is 2.38. The molecule has 3 nitrogen and oxygen atoms in total. The molecule has 1 amide bonds. The quantitative estimate of drug-likeness (QED) is 0.806. The summed E-state index contributed by atoms with van der Waals surface area (Å²) in [6.45, 7) is 1.03. The third kappa shape index (κ3) is 2.13. The van der Waals surface area contributed by atoms with E-state index >= 15 is 0 Å². The van der Waals surface area contributed by atoms with Gasteiger partial charge in [0.15, 0.2) is 0 Å². The van der Waals surface area contributed by atoms with Crippen molar-refractivity contribution >= 4 is 17.2 Å². The molecule has 2 heterocycles. The normalized spacial score (nSPS) is 16.8. The lowest BCUT2D eigenvalue weighted by molar-refractivity contribution is -0.141. The number of carbonyl (C=O) groups is 1. The lowest BCUT2D eigenvalue weighted by atomic mass is 10.1. The van der Waals surface area contributed by atoms with E-state index in [1.807, 2.05) is 17.5 Å². The number of amides is 1. The summed E-state index contributed by atoms with van der Waals surface area (Å²) in [5.74, 6) is 0.156. The highest BCUT2D eigenvalue weighted by atomic mass is 32.1. The van der Waals surface area contributed by atoms with Gasteiger partial charge in [0.25, 0.3) is 0 Å². The van der Waals surface area contributed by atoms with E-state index < -0.39 is 0 Å². The van der Waals surface area contributed by atoms with Crippen LogP contribution in [0.5, 0.6) is 0 Å². The fraction of sp³-hybridized carbons (Fsp3) is 0.500. The smallest absolute Gasteiger partial charge is 0.223 e. The average molecular weight is 211 g/mol. The molecule has 0 spiro atoms. The molecule has 0 atom stereocenters. The lowest BCUT2D eigenvalue weighted by Crippen LogP contribution is -2.53. The van der Waals surface area contributed by atoms with Gasteiger partial charge >= 0.3 is 0 Å². The molecular formula is C10H13NO2S. The molecule has 1 aromatic rings. The number of aliphatic hydroxyl groups excluding tert-OH is 1. The molecular weight excluding hydrogens is 198 g/mol. The number of aryl methyl sites for hydroxylation is 1. The van der Waals surface area contributed by atoms with Crippen LogP contribution in [-0.4, -0.2) is 35.1 Å². The van der Waals surface area contributed by atoms with Crippen LogP contribution in [0.3, 0.4) is 0 Å². The van der Waals surface area contributed by atoms with E-state index in [-0.39, 0.29) is 12.0 Å². The van der Waals surface area contributed by atoms with Crippen LogP contribution in [0, 0.1) is 0 Å². The number of β-amino-alcohol motifs (C(OH)–C–C–N with tert-alkyl or cyclic N) is 1. The standard InChI is InChI=1S/C10H13NO2S/c12-8-6-11(7-8)10(13)4-3-9-2-1-5-14-9/h1-2,5,8,12H,3-4,6-7H2. The Labute approximate surface area is 87.0 Å². The molecule has 0 unspecified atom stereocenters. The van der Waals surface area contributed by atoms with E-state index in [1.54, 1.807) is 16.2 Å². The summed E-state index contributed by atoms with van der Waals surface area (Å²) in [4.78, 5) is 14.4. The molecule has 0 aromatic carbocycles. The Morgan fingerprint density at radius 1 is 1.64 bits per heavy atom. The van der Waals surface area contributed by atoms with Crippen LogP contribution in [0.1, 0.15) is 11.3 Å². The van der Waals surface area contributed by atoms with Crippen LogP contribution in [0.25, 0.3) is 0 Å². The molecule has 14 heavy (non-hydrogen) atoms. The Hall–Kier alpha value is -0.870. The number of hydrogen-bond acceptors (Lipinski definition) is 3. The van der Waals surface area contributed by atoms with Crippen molar-refractivity contribution in [3.8, 4) is 0 Å². The first-order valence-electron chi connectivity index (χ1n) is 4.74. The number of rotatable bonds is 3. The van der Waals surface area contributed by atoms with Crippen LogP contribution >= 0.6 is 11.3 Å². The number of carbonyl (C=O) groups excluding carboxylic acids is 1. The van der Waals surface area contributed by atoms with E-state index in [4.69, 9.17) is 5.11 Å². The summed E-state index contributed by atoms with van der Waals surface area (Å²) in [5.41, 5.74) is 0. The Balaban J connectivity index is 1.73. The maximum atomic E-state index is 11.5. The first-order valence-corrected chi connectivity index (χ1v) is 5.62. The minimum Gasteiger partial charge on any atom is -0.389 e. The van der Waals surface area contributed by atoms with E-state index in [0.717, 1.165) is 6.42 Å². The first kappa shape index (κ1) is 9.68. The number of likely N-dealkylation sites (tertiary alicyclic amines) is 1. The number of hydrogen-bond donors (Lipinski definition) is 1. The van der Waals surface area contributed by atoms with Crippen molar-refractivity contribution in [3.05, 3.63) is 22.4 Å². The van der Waals surface area contributed by atoms with E-state index in [1.165, 1.54) is 4.88 Å². The van der Waals surface area contributed by atoms with Crippen LogP contribution in [0.15, 0.2) is 17.5 Å². The average Bonchev–Trinajstić information content (AvgIpc) is 2.61. The van der Waals surface area contributed by atoms with Crippen molar-refractivity contribution in [1.29, 1.82) is 0 Å². The fourth-order valence-corrected chi connectivity index (χ4v) is 2.21. The SMILES string of the molecule is O=C(CCc1cccs1)N1CC(O)C1. The van der Waals surface area contributed by atoms with Gasteiger partial charge in [-0.15, -0.1) is 11.3 Å². The van der Waals surface area contributed by atoms with Crippen LogP contribution in [0.4, 0.5) is 0 Å². The zero-order chi connectivity index (χ0) is 9.97. The van der Waals surface area contributed by atoms with Crippen molar-refractivity contribution in [2.75, 3.05) is 13.1 Å². The van der Waals surface area contributed by atoms with Crippen molar-refractivity contribution in [2.45, 2.75) is 18.9 Å². The Morgan fingerprint density at radius 2 is 2.43 bits per heavy atom. The minimum atomic E-state index is -0.291. The van der Waals surface area contributed by atoms with Gasteiger partial charge < -0.3 is 10.0 Å². The second-order valence-corrected chi connectivity index (χ2v) is 4.56. The van der Waals surface area contributed by atoms with Gasteiger partial charge in [0.1, 0.15) is 0 Å². The summed E-state index contributed by atoms with van der Waals surface area (Å²) >= 11 is 1.68. The van der Waals surface area contributed by atoms with Gasteiger partial charge in [-0.1, -0.05) is 6.07 Å². The summed E-state index contributed by atoms with van der Waals surface area (Å²) in [7, 11) is 0. The molecule has 1 aromatic heterocycles. The second-order valence-electron chi connectivity index (χ2n) is 3.53. The monoisotopic (exact) mass is 211 g/mol. The predicted octanol–water partition coefficient (Wildman–Crippen LogP) is 0.884. The van der Waals surface area contributed by atoms with Gasteiger partial charge in [0.2, 0.25) is 5.91 Å². The topological polar surface area (TPSA) is 40.5 Å². The third-order valence-corrected chi connectivity index (χ3v) is 3.32. The highest BCUT2D eigenvalue weighted by Crippen LogP contribution is 2.14. The number of aliphatic hydroxyl groups is 1. The second kappa shape index (κ2) is 4.11. The molecule has 1 saturated heterocycles. The van der Waals surface area contributed by atoms with Gasteiger partial charge in [0, 0.05) is 24.4 Å². The number of nitrogens with zero attached hydrogens (tertiary/aromatic N) is 1. The molecule has 76 valence electrons. The molecule has 0 radical (unpaired) electrons.